The molecule has 1 aliphatic carbocycles. The van der Waals surface area contributed by atoms with Gasteiger partial charge in [0.15, 0.2) is 0 Å². The molecule has 0 saturated heterocycles. The Hall–Kier alpha value is -1.26. The summed E-state index contributed by atoms with van der Waals surface area (Å²) in [6.07, 6.45) is 3.53. The van der Waals surface area contributed by atoms with Crippen molar-refractivity contribution in [3.05, 3.63) is 24.3 Å². The SMILES string of the molecule is Nc1cccc(OCCCN(CCO)C2CC2)c1. The van der Waals surface area contributed by atoms with E-state index in [9.17, 15) is 0 Å². The van der Waals surface area contributed by atoms with Gasteiger partial charge in [-0.2, -0.15) is 0 Å². The van der Waals surface area contributed by atoms with Crippen molar-refractivity contribution in [3.8, 4) is 5.75 Å². The van der Waals surface area contributed by atoms with Crippen LogP contribution in [0.1, 0.15) is 19.3 Å². The smallest absolute Gasteiger partial charge is 0.121 e. The van der Waals surface area contributed by atoms with Gasteiger partial charge in [-0.05, 0) is 31.4 Å². The zero-order valence-corrected chi connectivity index (χ0v) is 10.7. The molecule has 0 radical (unpaired) electrons. The van der Waals surface area contributed by atoms with Crippen LogP contribution in [-0.4, -0.2) is 42.4 Å². The van der Waals surface area contributed by atoms with Crippen molar-refractivity contribution in [1.29, 1.82) is 0 Å². The highest BCUT2D eigenvalue weighted by molar-refractivity contribution is 5.43. The molecule has 0 spiro atoms. The van der Waals surface area contributed by atoms with Crippen LogP contribution in [0.2, 0.25) is 0 Å². The average Bonchev–Trinajstić information content (AvgIpc) is 3.17. The number of aliphatic hydroxyl groups is 1. The lowest BCUT2D eigenvalue weighted by Crippen LogP contribution is -2.31. The maximum absolute atomic E-state index is 8.99. The molecule has 0 aromatic heterocycles. The van der Waals surface area contributed by atoms with E-state index in [4.69, 9.17) is 15.6 Å². The largest absolute Gasteiger partial charge is 0.493 e. The summed E-state index contributed by atoms with van der Waals surface area (Å²) in [6.45, 7) is 2.71. The first-order valence-corrected chi connectivity index (χ1v) is 6.63. The molecule has 0 aliphatic heterocycles. The second kappa shape index (κ2) is 6.61. The number of ether oxygens (including phenoxy) is 1. The molecule has 0 amide bonds. The summed E-state index contributed by atoms with van der Waals surface area (Å²) in [6, 6.07) is 8.20. The monoisotopic (exact) mass is 250 g/mol. The number of nitrogens with zero attached hydrogens (tertiary/aromatic N) is 1. The first-order valence-electron chi connectivity index (χ1n) is 6.63. The van der Waals surface area contributed by atoms with Crippen molar-refractivity contribution < 1.29 is 9.84 Å². The van der Waals surface area contributed by atoms with Crippen LogP contribution < -0.4 is 10.5 Å². The molecular weight excluding hydrogens is 228 g/mol. The minimum atomic E-state index is 0.243. The molecular formula is C14H22N2O2. The van der Waals surface area contributed by atoms with Crippen LogP contribution in [0.3, 0.4) is 0 Å². The Kier molecular flexibility index (Phi) is 4.84. The number of nitrogens with two attached hydrogens (primary N) is 1. The third-order valence-corrected chi connectivity index (χ3v) is 3.17. The molecule has 0 bridgehead atoms. The molecule has 100 valence electrons. The Bertz CT molecular complexity index is 367. The Morgan fingerprint density at radius 1 is 1.33 bits per heavy atom. The zero-order chi connectivity index (χ0) is 12.8. The molecule has 1 aliphatic rings. The van der Waals surface area contributed by atoms with Gasteiger partial charge in [-0.1, -0.05) is 6.07 Å². The van der Waals surface area contributed by atoms with Crippen molar-refractivity contribution in [2.45, 2.75) is 25.3 Å². The maximum Gasteiger partial charge on any atom is 0.121 e. The summed E-state index contributed by atoms with van der Waals surface area (Å²) < 4.78 is 5.65. The topological polar surface area (TPSA) is 58.7 Å². The van der Waals surface area contributed by atoms with Crippen LogP contribution in [0.4, 0.5) is 5.69 Å². The molecule has 2 rings (SSSR count). The van der Waals surface area contributed by atoms with Crippen LogP contribution >= 0.6 is 0 Å². The van der Waals surface area contributed by atoms with E-state index < -0.39 is 0 Å². The lowest BCUT2D eigenvalue weighted by molar-refractivity contribution is 0.177. The van der Waals surface area contributed by atoms with Crippen LogP contribution in [0.5, 0.6) is 5.75 Å². The van der Waals surface area contributed by atoms with Crippen molar-refractivity contribution in [3.63, 3.8) is 0 Å². The maximum atomic E-state index is 8.99. The van der Waals surface area contributed by atoms with Crippen molar-refractivity contribution in [2.24, 2.45) is 0 Å². The van der Waals surface area contributed by atoms with Gasteiger partial charge in [0.25, 0.3) is 0 Å². The van der Waals surface area contributed by atoms with E-state index in [1.807, 2.05) is 24.3 Å². The Morgan fingerprint density at radius 3 is 2.83 bits per heavy atom. The number of nitrogen functional groups attached to an aromatic ring is 1. The van der Waals surface area contributed by atoms with Gasteiger partial charge in [-0.15, -0.1) is 0 Å². The first kappa shape index (κ1) is 13.2. The van der Waals surface area contributed by atoms with E-state index in [-0.39, 0.29) is 6.61 Å². The molecule has 0 heterocycles. The third kappa shape index (κ3) is 4.20. The van der Waals surface area contributed by atoms with E-state index in [0.717, 1.165) is 30.9 Å². The third-order valence-electron chi connectivity index (χ3n) is 3.17. The second-order valence-electron chi connectivity index (χ2n) is 4.77. The van der Waals surface area contributed by atoms with Crippen molar-refractivity contribution in [2.75, 3.05) is 32.0 Å². The highest BCUT2D eigenvalue weighted by Crippen LogP contribution is 2.26. The van der Waals surface area contributed by atoms with Crippen molar-refractivity contribution >= 4 is 5.69 Å². The Labute approximate surface area is 108 Å². The molecule has 0 atom stereocenters. The fraction of sp³-hybridized carbons (Fsp3) is 0.571. The molecule has 4 heteroatoms. The average molecular weight is 250 g/mol. The molecule has 1 aromatic carbocycles. The highest BCUT2D eigenvalue weighted by atomic mass is 16.5. The van der Waals surface area contributed by atoms with Crippen LogP contribution in [0, 0.1) is 0 Å². The van der Waals surface area contributed by atoms with E-state index in [0.29, 0.717) is 12.6 Å². The van der Waals surface area contributed by atoms with E-state index in [1.165, 1.54) is 12.8 Å². The molecule has 0 unspecified atom stereocenters. The van der Waals surface area contributed by atoms with Crippen LogP contribution in [0.25, 0.3) is 0 Å². The number of rotatable bonds is 8. The summed E-state index contributed by atoms with van der Waals surface area (Å²) in [5.41, 5.74) is 6.41. The van der Waals surface area contributed by atoms with Gasteiger partial charge in [0.2, 0.25) is 0 Å². The summed E-state index contributed by atoms with van der Waals surface area (Å²) in [7, 11) is 0. The molecule has 3 N–H and O–H groups in total. The quantitative estimate of drug-likeness (QED) is 0.542. The summed E-state index contributed by atoms with van der Waals surface area (Å²) >= 11 is 0. The number of benzene rings is 1. The van der Waals surface area contributed by atoms with Crippen LogP contribution in [0.15, 0.2) is 24.3 Å². The van der Waals surface area contributed by atoms with Gasteiger partial charge in [0.05, 0.1) is 13.2 Å². The minimum absolute atomic E-state index is 0.243. The fourth-order valence-electron chi connectivity index (χ4n) is 2.11. The summed E-state index contributed by atoms with van der Waals surface area (Å²) in [4.78, 5) is 2.35. The lowest BCUT2D eigenvalue weighted by Gasteiger charge is -2.20. The van der Waals surface area contributed by atoms with E-state index in [1.54, 1.807) is 0 Å². The number of hydrogen-bond acceptors (Lipinski definition) is 4. The lowest BCUT2D eigenvalue weighted by atomic mass is 10.3. The first-order chi connectivity index (χ1) is 8.79. The van der Waals surface area contributed by atoms with E-state index >= 15 is 0 Å². The minimum Gasteiger partial charge on any atom is -0.493 e. The van der Waals surface area contributed by atoms with Gasteiger partial charge in [-0.3, -0.25) is 4.90 Å². The van der Waals surface area contributed by atoms with Crippen LogP contribution in [-0.2, 0) is 0 Å². The van der Waals surface area contributed by atoms with Crippen molar-refractivity contribution in [1.82, 2.24) is 4.90 Å². The number of anilines is 1. The number of aliphatic hydroxyl groups excluding tert-OH is 1. The highest BCUT2D eigenvalue weighted by Gasteiger charge is 2.27. The van der Waals surface area contributed by atoms with Gasteiger partial charge in [0, 0.05) is 30.9 Å². The number of hydrogen-bond donors (Lipinski definition) is 2. The van der Waals surface area contributed by atoms with Gasteiger partial charge < -0.3 is 15.6 Å². The zero-order valence-electron chi connectivity index (χ0n) is 10.7. The van der Waals surface area contributed by atoms with E-state index in [2.05, 4.69) is 4.90 Å². The molecule has 1 saturated carbocycles. The molecule has 1 fully saturated rings. The Morgan fingerprint density at radius 2 is 2.17 bits per heavy atom. The normalized spacial score (nSPS) is 15.0. The standard InChI is InChI=1S/C14H22N2O2/c15-12-3-1-4-14(11-12)18-10-2-7-16(8-9-17)13-5-6-13/h1,3-4,11,13,17H,2,5-10,15H2. The molecule has 18 heavy (non-hydrogen) atoms. The van der Waals surface area contributed by atoms with Gasteiger partial charge in [0.1, 0.15) is 5.75 Å². The Balaban J connectivity index is 1.65. The predicted molar refractivity (Wildman–Crippen MR) is 72.6 cm³/mol. The summed E-state index contributed by atoms with van der Waals surface area (Å²) in [5.74, 6) is 0.829. The second-order valence-corrected chi connectivity index (χ2v) is 4.77. The summed E-state index contributed by atoms with van der Waals surface area (Å²) in [5, 5.41) is 8.99. The van der Waals surface area contributed by atoms with Gasteiger partial charge >= 0.3 is 0 Å². The molecule has 4 nitrogen and oxygen atoms in total. The van der Waals surface area contributed by atoms with Gasteiger partial charge in [-0.25, -0.2) is 0 Å². The molecule has 1 aromatic rings. The predicted octanol–water partition coefficient (Wildman–Crippen LogP) is 1.49. The fourth-order valence-corrected chi connectivity index (χ4v) is 2.11.